The number of ether oxygens (including phenoxy) is 1. The fourth-order valence-corrected chi connectivity index (χ4v) is 2.09. The Hall–Kier alpha value is -1.48. The van der Waals surface area contributed by atoms with E-state index in [9.17, 15) is 4.79 Å². The van der Waals surface area contributed by atoms with Gasteiger partial charge in [0.05, 0.1) is 7.11 Å². The first-order valence-corrected chi connectivity index (χ1v) is 7.36. The molecule has 0 bridgehead atoms. The van der Waals surface area contributed by atoms with Crippen molar-refractivity contribution in [2.24, 2.45) is 0 Å². The highest BCUT2D eigenvalue weighted by Crippen LogP contribution is 2.15. The fourth-order valence-electron chi connectivity index (χ4n) is 1.90. The summed E-state index contributed by atoms with van der Waals surface area (Å²) in [7, 11) is 1.38. The molecule has 110 valence electrons. The predicted octanol–water partition coefficient (Wildman–Crippen LogP) is 3.80. The van der Waals surface area contributed by atoms with Crippen molar-refractivity contribution in [1.82, 2.24) is 5.32 Å². The second-order valence-corrected chi connectivity index (χ2v) is 4.99. The maximum atomic E-state index is 11.4. The molecule has 1 N–H and O–H groups in total. The third kappa shape index (κ3) is 6.11. The monoisotopic (exact) mass is 295 g/mol. The van der Waals surface area contributed by atoms with Gasteiger partial charge in [-0.1, -0.05) is 30.3 Å². The van der Waals surface area contributed by atoms with E-state index in [0.717, 1.165) is 25.0 Å². The molecular weight excluding hydrogens is 274 g/mol. The Kier molecular flexibility index (Phi) is 7.81. The zero-order valence-electron chi connectivity index (χ0n) is 12.1. The number of carbonyl (C=O) groups excluding carboxylic acids is 1. The smallest absolute Gasteiger partial charge is 0.332 e. The van der Waals surface area contributed by atoms with Crippen molar-refractivity contribution in [2.45, 2.75) is 32.2 Å². The minimum absolute atomic E-state index is 0.142. The summed E-state index contributed by atoms with van der Waals surface area (Å²) in [6, 6.07) is 10.3. The van der Waals surface area contributed by atoms with Gasteiger partial charge in [-0.15, -0.1) is 11.6 Å². The minimum atomic E-state index is -0.335. The summed E-state index contributed by atoms with van der Waals surface area (Å²) in [6.45, 7) is 2.07. The number of carbonyl (C=O) groups is 1. The van der Waals surface area contributed by atoms with Crippen LogP contribution in [0.15, 0.2) is 42.1 Å². The van der Waals surface area contributed by atoms with Crippen molar-refractivity contribution in [1.29, 1.82) is 0 Å². The van der Waals surface area contributed by atoms with Gasteiger partial charge in [-0.05, 0) is 31.7 Å². The molecular formula is C16H22ClNO2. The Morgan fingerprint density at radius 2 is 2.05 bits per heavy atom. The molecule has 0 radical (unpaired) electrons. The fraction of sp³-hybridized carbons (Fsp3) is 0.438. The molecule has 20 heavy (non-hydrogen) atoms. The van der Waals surface area contributed by atoms with Crippen LogP contribution in [-0.2, 0) is 9.53 Å². The average Bonchev–Trinajstić information content (AvgIpc) is 2.48. The first-order valence-electron chi connectivity index (χ1n) is 6.83. The SMILES string of the molecule is COC(=O)/C=C(/CCCCCl)N[C@@H](C)c1ccccc1. The minimum Gasteiger partial charge on any atom is -0.466 e. The van der Waals surface area contributed by atoms with Gasteiger partial charge in [0, 0.05) is 23.7 Å². The van der Waals surface area contributed by atoms with E-state index in [1.807, 2.05) is 18.2 Å². The van der Waals surface area contributed by atoms with E-state index in [1.54, 1.807) is 0 Å². The number of hydrogen-bond acceptors (Lipinski definition) is 3. The lowest BCUT2D eigenvalue weighted by atomic mass is 10.1. The Bertz CT molecular complexity index is 431. The number of allylic oxidation sites excluding steroid dienone is 1. The number of esters is 1. The molecule has 0 amide bonds. The van der Waals surface area contributed by atoms with Crippen LogP contribution in [-0.4, -0.2) is 19.0 Å². The lowest BCUT2D eigenvalue weighted by molar-refractivity contribution is -0.134. The van der Waals surface area contributed by atoms with Gasteiger partial charge in [-0.2, -0.15) is 0 Å². The van der Waals surface area contributed by atoms with Gasteiger partial charge >= 0.3 is 5.97 Å². The molecule has 1 aromatic rings. The molecule has 0 aromatic heterocycles. The van der Waals surface area contributed by atoms with Crippen molar-refractivity contribution >= 4 is 17.6 Å². The molecule has 0 heterocycles. The summed E-state index contributed by atoms with van der Waals surface area (Å²) in [5.74, 6) is 0.304. The molecule has 1 aromatic carbocycles. The summed E-state index contributed by atoms with van der Waals surface area (Å²) in [5.41, 5.74) is 2.07. The molecule has 0 fully saturated rings. The molecule has 0 aliphatic heterocycles. The third-order valence-electron chi connectivity index (χ3n) is 3.02. The Labute approximate surface area is 126 Å². The molecule has 4 heteroatoms. The number of methoxy groups -OCH3 is 1. The third-order valence-corrected chi connectivity index (χ3v) is 3.29. The van der Waals surface area contributed by atoms with Gasteiger partial charge in [0.25, 0.3) is 0 Å². The Balaban J connectivity index is 2.68. The van der Waals surface area contributed by atoms with Crippen LogP contribution in [0.25, 0.3) is 0 Å². The summed E-state index contributed by atoms with van der Waals surface area (Å²) in [4.78, 5) is 11.4. The molecule has 0 aliphatic rings. The van der Waals surface area contributed by atoms with Gasteiger partial charge in [0.15, 0.2) is 0 Å². The number of hydrogen-bond donors (Lipinski definition) is 1. The van der Waals surface area contributed by atoms with Crippen LogP contribution in [0.2, 0.25) is 0 Å². The topological polar surface area (TPSA) is 38.3 Å². The number of nitrogens with one attached hydrogen (secondary N) is 1. The zero-order valence-corrected chi connectivity index (χ0v) is 12.8. The average molecular weight is 296 g/mol. The first-order chi connectivity index (χ1) is 9.67. The predicted molar refractivity (Wildman–Crippen MR) is 82.7 cm³/mol. The molecule has 1 atom stereocenters. The normalized spacial score (nSPS) is 12.8. The van der Waals surface area contributed by atoms with Crippen LogP contribution in [0.3, 0.4) is 0 Å². The van der Waals surface area contributed by atoms with Crippen molar-refractivity contribution in [3.05, 3.63) is 47.7 Å². The van der Waals surface area contributed by atoms with Crippen LogP contribution in [0, 0.1) is 0 Å². The van der Waals surface area contributed by atoms with Crippen LogP contribution < -0.4 is 5.32 Å². The van der Waals surface area contributed by atoms with E-state index in [4.69, 9.17) is 16.3 Å². The summed E-state index contributed by atoms with van der Waals surface area (Å²) in [6.07, 6.45) is 4.19. The van der Waals surface area contributed by atoms with Crippen LogP contribution in [0.1, 0.15) is 37.8 Å². The van der Waals surface area contributed by atoms with Crippen LogP contribution in [0.5, 0.6) is 0 Å². The van der Waals surface area contributed by atoms with Crippen LogP contribution in [0.4, 0.5) is 0 Å². The van der Waals surface area contributed by atoms with Gasteiger partial charge < -0.3 is 10.1 Å². The molecule has 0 spiro atoms. The highest BCUT2D eigenvalue weighted by molar-refractivity contribution is 6.17. The van der Waals surface area contributed by atoms with Gasteiger partial charge in [0.1, 0.15) is 0 Å². The molecule has 0 unspecified atom stereocenters. The summed E-state index contributed by atoms with van der Waals surface area (Å²) < 4.78 is 4.69. The van der Waals surface area contributed by atoms with Gasteiger partial charge in [0.2, 0.25) is 0 Å². The largest absolute Gasteiger partial charge is 0.466 e. The number of rotatable bonds is 8. The number of halogens is 1. The van der Waals surface area contributed by atoms with E-state index in [0.29, 0.717) is 5.88 Å². The van der Waals surface area contributed by atoms with Crippen molar-refractivity contribution in [2.75, 3.05) is 13.0 Å². The second-order valence-electron chi connectivity index (χ2n) is 4.62. The standard InChI is InChI=1S/C16H22ClNO2/c1-13(14-8-4-3-5-9-14)18-15(10-6-7-11-17)12-16(19)20-2/h3-5,8-9,12-13,18H,6-7,10-11H2,1-2H3/b15-12-/t13-/m0/s1. The first kappa shape index (κ1) is 16.6. The second kappa shape index (κ2) is 9.43. The maximum absolute atomic E-state index is 11.4. The molecule has 1 rings (SSSR count). The van der Waals surface area contributed by atoms with Gasteiger partial charge in [-0.3, -0.25) is 0 Å². The molecule has 0 saturated heterocycles. The van der Waals surface area contributed by atoms with E-state index in [2.05, 4.69) is 24.4 Å². The van der Waals surface area contributed by atoms with E-state index in [-0.39, 0.29) is 12.0 Å². The summed E-state index contributed by atoms with van der Waals surface area (Å²) >= 11 is 5.69. The lowest BCUT2D eigenvalue weighted by Gasteiger charge is -2.18. The molecule has 3 nitrogen and oxygen atoms in total. The quantitative estimate of drug-likeness (QED) is 0.343. The zero-order chi connectivity index (χ0) is 14.8. The Morgan fingerprint density at radius 3 is 2.65 bits per heavy atom. The van der Waals surface area contributed by atoms with E-state index in [1.165, 1.54) is 18.7 Å². The van der Waals surface area contributed by atoms with Crippen molar-refractivity contribution in [3.63, 3.8) is 0 Å². The maximum Gasteiger partial charge on any atom is 0.332 e. The number of alkyl halides is 1. The van der Waals surface area contributed by atoms with E-state index >= 15 is 0 Å². The van der Waals surface area contributed by atoms with Gasteiger partial charge in [-0.25, -0.2) is 4.79 Å². The lowest BCUT2D eigenvalue weighted by Crippen LogP contribution is -2.19. The van der Waals surface area contributed by atoms with Crippen molar-refractivity contribution < 1.29 is 9.53 Å². The van der Waals surface area contributed by atoms with Crippen molar-refractivity contribution in [3.8, 4) is 0 Å². The number of benzene rings is 1. The van der Waals surface area contributed by atoms with E-state index < -0.39 is 0 Å². The Morgan fingerprint density at radius 1 is 1.35 bits per heavy atom. The molecule has 0 saturated carbocycles. The number of unbranched alkanes of at least 4 members (excludes halogenated alkanes) is 1. The molecule has 0 aliphatic carbocycles. The highest BCUT2D eigenvalue weighted by Gasteiger charge is 2.08. The highest BCUT2D eigenvalue weighted by atomic mass is 35.5. The van der Waals surface area contributed by atoms with Crippen LogP contribution >= 0.6 is 11.6 Å². The summed E-state index contributed by atoms with van der Waals surface area (Å²) in [5, 5.41) is 3.37.